The monoisotopic (exact) mass is 352 g/mol. The van der Waals surface area contributed by atoms with Crippen molar-refractivity contribution in [1.82, 2.24) is 0 Å². The second-order valence-corrected chi connectivity index (χ2v) is 6.52. The fourth-order valence-corrected chi connectivity index (χ4v) is 3.81. The molecular weight excluding hydrogens is 340 g/mol. The molecule has 3 aliphatic heterocycles. The topological polar surface area (TPSA) is 87.4 Å². The highest BCUT2D eigenvalue weighted by atomic mass is 16.7. The Kier molecular flexibility index (Phi) is 2.43. The summed E-state index contributed by atoms with van der Waals surface area (Å²) in [5, 5.41) is 12.2. The molecule has 6 rings (SSSR count). The van der Waals surface area contributed by atoms with Crippen molar-refractivity contribution < 1.29 is 33.3 Å². The molecule has 3 aromatic rings. The van der Waals surface area contributed by atoms with Gasteiger partial charge in [-0.25, -0.2) is 0 Å². The largest absolute Gasteiger partial charge is 0.489 e. The van der Waals surface area contributed by atoms with Crippen molar-refractivity contribution in [3.05, 3.63) is 47.7 Å². The Morgan fingerprint density at radius 3 is 2.73 bits per heavy atom. The van der Waals surface area contributed by atoms with E-state index in [0.29, 0.717) is 39.7 Å². The van der Waals surface area contributed by atoms with Gasteiger partial charge in [-0.2, -0.15) is 0 Å². The van der Waals surface area contributed by atoms with Crippen molar-refractivity contribution >= 4 is 16.8 Å². The van der Waals surface area contributed by atoms with Crippen LogP contribution in [0.4, 0.5) is 0 Å². The number of aliphatic hydroxyl groups is 1. The predicted molar refractivity (Wildman–Crippen MR) is 86.9 cm³/mol. The Morgan fingerprint density at radius 1 is 1.00 bits per heavy atom. The van der Waals surface area contributed by atoms with Crippen molar-refractivity contribution in [2.45, 2.75) is 11.7 Å². The molecule has 130 valence electrons. The number of benzene rings is 2. The highest BCUT2D eigenvalue weighted by Gasteiger charge is 2.56. The number of fused-ring (bicyclic) bond motifs is 6. The fourth-order valence-electron chi connectivity index (χ4n) is 3.81. The van der Waals surface area contributed by atoms with Crippen LogP contribution < -0.4 is 18.9 Å². The minimum Gasteiger partial charge on any atom is -0.489 e. The van der Waals surface area contributed by atoms with Gasteiger partial charge in [0.15, 0.2) is 23.2 Å². The predicted octanol–water partition coefficient (Wildman–Crippen LogP) is 2.39. The molecule has 3 aliphatic rings. The van der Waals surface area contributed by atoms with E-state index in [4.69, 9.17) is 23.4 Å². The van der Waals surface area contributed by atoms with E-state index in [1.807, 2.05) is 0 Å². The number of hydrogen-bond donors (Lipinski definition) is 1. The Labute approximate surface area is 146 Å². The van der Waals surface area contributed by atoms with Gasteiger partial charge in [0, 0.05) is 23.1 Å². The Morgan fingerprint density at radius 2 is 1.85 bits per heavy atom. The number of ketones is 1. The average Bonchev–Trinajstić information content (AvgIpc) is 3.28. The van der Waals surface area contributed by atoms with Crippen LogP contribution in [0.2, 0.25) is 0 Å². The summed E-state index contributed by atoms with van der Waals surface area (Å²) in [6.45, 7) is 0.121. The van der Waals surface area contributed by atoms with Crippen LogP contribution in [0.15, 0.2) is 41.0 Å². The highest BCUT2D eigenvalue weighted by Crippen LogP contribution is 2.50. The normalized spacial score (nSPS) is 25.1. The molecule has 0 saturated carbocycles. The Balaban J connectivity index is 1.57. The summed E-state index contributed by atoms with van der Waals surface area (Å²) in [5.74, 6) is 1.31. The smallest absolute Gasteiger partial charge is 0.231 e. The molecule has 0 amide bonds. The molecule has 26 heavy (non-hydrogen) atoms. The lowest BCUT2D eigenvalue weighted by atomic mass is 9.77. The first kappa shape index (κ1) is 14.0. The summed E-state index contributed by atoms with van der Waals surface area (Å²) in [6, 6.07) is 8.32. The zero-order chi connectivity index (χ0) is 17.5. The molecule has 7 heteroatoms. The SMILES string of the molecule is O=C1c2cc3ccoc3cc2OC2COc3cc4c(cc3C12O)OCO4. The summed E-state index contributed by atoms with van der Waals surface area (Å²) in [7, 11) is 0. The molecule has 1 N–H and O–H groups in total. The standard InChI is InChI=1S/C19H12O7/c20-18-10-3-9-1-2-22-12(9)5-13(10)26-17-7-23-14-6-16-15(24-8-25-16)4-11(14)19(17,18)21/h1-6,17,21H,7-8H2. The molecule has 7 nitrogen and oxygen atoms in total. The molecule has 4 heterocycles. The first-order valence-electron chi connectivity index (χ1n) is 8.16. The highest BCUT2D eigenvalue weighted by molar-refractivity contribution is 6.09. The van der Waals surface area contributed by atoms with Crippen molar-refractivity contribution in [1.29, 1.82) is 0 Å². The van der Waals surface area contributed by atoms with Gasteiger partial charge in [0.25, 0.3) is 0 Å². The van der Waals surface area contributed by atoms with E-state index in [9.17, 15) is 9.90 Å². The minimum atomic E-state index is -1.86. The zero-order valence-corrected chi connectivity index (χ0v) is 13.4. The summed E-state index contributed by atoms with van der Waals surface area (Å²) in [6.07, 6.45) is 0.671. The minimum absolute atomic E-state index is 0.0323. The quantitative estimate of drug-likeness (QED) is 0.665. The molecule has 0 spiro atoms. The van der Waals surface area contributed by atoms with Gasteiger partial charge in [-0.1, -0.05) is 0 Å². The van der Waals surface area contributed by atoms with Gasteiger partial charge in [0.05, 0.1) is 11.8 Å². The molecule has 0 aliphatic carbocycles. The van der Waals surface area contributed by atoms with E-state index in [2.05, 4.69) is 0 Å². The maximum absolute atomic E-state index is 13.3. The van der Waals surface area contributed by atoms with Crippen LogP contribution in [0.1, 0.15) is 15.9 Å². The van der Waals surface area contributed by atoms with E-state index < -0.39 is 17.5 Å². The van der Waals surface area contributed by atoms with Crippen LogP contribution in [-0.4, -0.2) is 30.4 Å². The third-order valence-corrected chi connectivity index (χ3v) is 5.16. The first-order chi connectivity index (χ1) is 12.6. The van der Waals surface area contributed by atoms with Crippen LogP contribution in [0.3, 0.4) is 0 Å². The van der Waals surface area contributed by atoms with Crippen molar-refractivity contribution in [2.24, 2.45) is 0 Å². The number of rotatable bonds is 0. The van der Waals surface area contributed by atoms with Gasteiger partial charge in [-0.3, -0.25) is 4.79 Å². The summed E-state index contributed by atoms with van der Waals surface area (Å²) >= 11 is 0. The lowest BCUT2D eigenvalue weighted by molar-refractivity contribution is -0.0798. The van der Waals surface area contributed by atoms with E-state index in [0.717, 1.165) is 5.39 Å². The molecule has 0 radical (unpaired) electrons. The van der Waals surface area contributed by atoms with E-state index in [-0.39, 0.29) is 13.4 Å². The third-order valence-electron chi connectivity index (χ3n) is 5.16. The molecule has 0 bridgehead atoms. The maximum Gasteiger partial charge on any atom is 0.231 e. The number of carbonyl (C=O) groups is 1. The van der Waals surface area contributed by atoms with E-state index in [1.165, 1.54) is 0 Å². The summed E-state index contributed by atoms with van der Waals surface area (Å²) in [5.41, 5.74) is -0.620. The number of Topliss-reactive ketones (excluding diaryl/α,β-unsaturated/α-hetero) is 1. The molecule has 2 aromatic carbocycles. The van der Waals surface area contributed by atoms with E-state index >= 15 is 0 Å². The number of furan rings is 1. The first-order valence-corrected chi connectivity index (χ1v) is 8.16. The van der Waals surface area contributed by atoms with Crippen LogP contribution in [0, 0.1) is 0 Å². The maximum atomic E-state index is 13.3. The Bertz CT molecular complexity index is 1100. The van der Waals surface area contributed by atoms with Crippen LogP contribution in [-0.2, 0) is 5.60 Å². The number of carbonyl (C=O) groups excluding carboxylic acids is 1. The zero-order valence-electron chi connectivity index (χ0n) is 13.4. The van der Waals surface area contributed by atoms with Gasteiger partial charge in [0.2, 0.25) is 12.6 Å². The lowest BCUT2D eigenvalue weighted by Crippen LogP contribution is -2.57. The summed E-state index contributed by atoms with van der Waals surface area (Å²) < 4.78 is 27.8. The fraction of sp³-hybridized carbons (Fsp3) is 0.211. The van der Waals surface area contributed by atoms with Crippen molar-refractivity contribution in [3.63, 3.8) is 0 Å². The molecular formula is C19H12O7. The molecule has 1 aromatic heterocycles. The third kappa shape index (κ3) is 1.58. The molecule has 0 fully saturated rings. The van der Waals surface area contributed by atoms with Crippen LogP contribution in [0.25, 0.3) is 11.0 Å². The Hall–Kier alpha value is -3.19. The second kappa shape index (κ2) is 4.50. The molecule has 2 unspecified atom stereocenters. The summed E-state index contributed by atoms with van der Waals surface area (Å²) in [4.78, 5) is 13.3. The average molecular weight is 352 g/mol. The van der Waals surface area contributed by atoms with Gasteiger partial charge in [0.1, 0.15) is 23.7 Å². The van der Waals surface area contributed by atoms with Crippen molar-refractivity contribution in [3.8, 4) is 23.0 Å². The van der Waals surface area contributed by atoms with Crippen LogP contribution in [0.5, 0.6) is 23.0 Å². The van der Waals surface area contributed by atoms with E-state index in [1.54, 1.807) is 36.6 Å². The molecule has 2 atom stereocenters. The van der Waals surface area contributed by atoms with Gasteiger partial charge < -0.3 is 28.5 Å². The van der Waals surface area contributed by atoms with Gasteiger partial charge >= 0.3 is 0 Å². The van der Waals surface area contributed by atoms with Crippen molar-refractivity contribution in [2.75, 3.05) is 13.4 Å². The lowest BCUT2D eigenvalue weighted by Gasteiger charge is -2.42. The van der Waals surface area contributed by atoms with Gasteiger partial charge in [-0.15, -0.1) is 0 Å². The number of ether oxygens (including phenoxy) is 4. The van der Waals surface area contributed by atoms with Gasteiger partial charge in [-0.05, 0) is 18.2 Å². The van der Waals surface area contributed by atoms with Crippen LogP contribution >= 0.6 is 0 Å². The second-order valence-electron chi connectivity index (χ2n) is 6.52. The molecule has 0 saturated heterocycles. The number of hydrogen-bond acceptors (Lipinski definition) is 7.